The van der Waals surface area contributed by atoms with Crippen LogP contribution in [0.25, 0.3) is 6.08 Å². The summed E-state index contributed by atoms with van der Waals surface area (Å²) in [5.41, 5.74) is 0.756. The van der Waals surface area contributed by atoms with E-state index < -0.39 is 5.97 Å². The third kappa shape index (κ3) is 4.49. The molecule has 1 aliphatic rings. The van der Waals surface area contributed by atoms with Gasteiger partial charge in [0.1, 0.15) is 0 Å². The minimum absolute atomic E-state index is 0.237. The molecule has 0 spiro atoms. The maximum Gasteiger partial charge on any atom is 0.328 e. The second kappa shape index (κ2) is 7.50. The van der Waals surface area contributed by atoms with Crippen molar-refractivity contribution in [1.82, 2.24) is 0 Å². The molecule has 114 valence electrons. The molecule has 1 aromatic rings. The third-order valence-corrected chi connectivity index (χ3v) is 3.93. The number of halogens is 1. The number of aliphatic carboxylic acids is 1. The van der Waals surface area contributed by atoms with Crippen LogP contribution in [0.3, 0.4) is 0 Å². The fourth-order valence-electron chi connectivity index (χ4n) is 2.40. The number of ether oxygens (including phenoxy) is 2. The molecule has 0 aliphatic heterocycles. The molecule has 1 aromatic carbocycles. The van der Waals surface area contributed by atoms with Crippen LogP contribution in [0.2, 0.25) is 0 Å². The highest BCUT2D eigenvalue weighted by Gasteiger charge is 2.20. The van der Waals surface area contributed by atoms with Crippen molar-refractivity contribution < 1.29 is 19.4 Å². The Morgan fingerprint density at radius 2 is 2.14 bits per heavy atom. The average Bonchev–Trinajstić information content (AvgIpc) is 2.93. The SMILES string of the molecule is CCOc1cc(C=CC(=O)O)cc(Br)c1OC1CCCC1. The van der Waals surface area contributed by atoms with E-state index in [1.165, 1.54) is 18.9 Å². The van der Waals surface area contributed by atoms with Crippen LogP contribution in [0, 0.1) is 0 Å². The molecule has 21 heavy (non-hydrogen) atoms. The number of hydrogen-bond donors (Lipinski definition) is 1. The van der Waals surface area contributed by atoms with E-state index in [1.54, 1.807) is 6.07 Å². The monoisotopic (exact) mass is 354 g/mol. The van der Waals surface area contributed by atoms with Crippen LogP contribution < -0.4 is 9.47 Å². The van der Waals surface area contributed by atoms with Crippen molar-refractivity contribution in [2.45, 2.75) is 38.7 Å². The normalized spacial score (nSPS) is 15.5. The van der Waals surface area contributed by atoms with E-state index in [1.807, 2.05) is 13.0 Å². The van der Waals surface area contributed by atoms with Crippen molar-refractivity contribution in [2.75, 3.05) is 6.61 Å². The van der Waals surface area contributed by atoms with Crippen LogP contribution in [-0.4, -0.2) is 23.8 Å². The van der Waals surface area contributed by atoms with Gasteiger partial charge in [0.15, 0.2) is 11.5 Å². The summed E-state index contributed by atoms with van der Waals surface area (Å²) in [6, 6.07) is 3.64. The molecule has 0 aromatic heterocycles. The highest BCUT2D eigenvalue weighted by atomic mass is 79.9. The van der Waals surface area contributed by atoms with E-state index in [-0.39, 0.29) is 6.10 Å². The Hall–Kier alpha value is -1.49. The first-order valence-corrected chi connectivity index (χ1v) is 7.93. The first kappa shape index (κ1) is 15.9. The lowest BCUT2D eigenvalue weighted by Gasteiger charge is -2.18. The fourth-order valence-corrected chi connectivity index (χ4v) is 2.96. The molecular weight excluding hydrogens is 336 g/mol. The maximum absolute atomic E-state index is 10.6. The standard InChI is InChI=1S/C16H19BrO4/c1-2-20-14-10-11(7-8-15(18)19)9-13(17)16(14)21-12-5-3-4-6-12/h7-10,12H,2-6H2,1H3,(H,18,19). The topological polar surface area (TPSA) is 55.8 Å². The number of carbonyl (C=O) groups is 1. The van der Waals surface area contributed by atoms with E-state index >= 15 is 0 Å². The van der Waals surface area contributed by atoms with Gasteiger partial charge in [0, 0.05) is 6.08 Å². The second-order valence-corrected chi connectivity index (χ2v) is 5.81. The summed E-state index contributed by atoms with van der Waals surface area (Å²) >= 11 is 3.50. The van der Waals surface area contributed by atoms with E-state index in [2.05, 4.69) is 15.9 Å². The van der Waals surface area contributed by atoms with Gasteiger partial charge in [0.2, 0.25) is 0 Å². The van der Waals surface area contributed by atoms with Gasteiger partial charge >= 0.3 is 5.97 Å². The second-order valence-electron chi connectivity index (χ2n) is 4.96. The van der Waals surface area contributed by atoms with Crippen LogP contribution in [-0.2, 0) is 4.79 Å². The van der Waals surface area contributed by atoms with E-state index in [0.717, 1.165) is 29.0 Å². The highest BCUT2D eigenvalue weighted by Crippen LogP contribution is 2.39. The van der Waals surface area contributed by atoms with Crippen molar-refractivity contribution in [1.29, 1.82) is 0 Å². The van der Waals surface area contributed by atoms with Crippen molar-refractivity contribution in [2.24, 2.45) is 0 Å². The van der Waals surface area contributed by atoms with Gasteiger partial charge in [0.05, 0.1) is 17.2 Å². The molecule has 0 bridgehead atoms. The fraction of sp³-hybridized carbons (Fsp3) is 0.438. The molecule has 4 nitrogen and oxygen atoms in total. The molecular formula is C16H19BrO4. The van der Waals surface area contributed by atoms with Crippen LogP contribution in [0.15, 0.2) is 22.7 Å². The Bertz CT molecular complexity index is 533. The van der Waals surface area contributed by atoms with E-state index in [4.69, 9.17) is 14.6 Å². The Morgan fingerprint density at radius 1 is 1.43 bits per heavy atom. The number of carboxylic acids is 1. The first-order chi connectivity index (χ1) is 10.1. The lowest BCUT2D eigenvalue weighted by molar-refractivity contribution is -0.131. The molecule has 1 saturated carbocycles. The van der Waals surface area contributed by atoms with Gasteiger partial charge in [-0.3, -0.25) is 0 Å². The van der Waals surface area contributed by atoms with Crippen molar-refractivity contribution in [3.05, 3.63) is 28.2 Å². The number of carboxylic acid groups (broad SMARTS) is 1. The Balaban J connectivity index is 2.27. The molecule has 0 radical (unpaired) electrons. The number of rotatable bonds is 6. The van der Waals surface area contributed by atoms with Gasteiger partial charge in [-0.25, -0.2) is 4.79 Å². The molecule has 0 unspecified atom stereocenters. The Labute approximate surface area is 132 Å². The highest BCUT2D eigenvalue weighted by molar-refractivity contribution is 9.10. The Kier molecular flexibility index (Phi) is 5.67. The first-order valence-electron chi connectivity index (χ1n) is 7.14. The molecule has 1 aliphatic carbocycles. The van der Waals surface area contributed by atoms with Gasteiger partial charge in [-0.1, -0.05) is 0 Å². The molecule has 0 saturated heterocycles. The Morgan fingerprint density at radius 3 is 2.76 bits per heavy atom. The van der Waals surface area contributed by atoms with Crippen LogP contribution in [0.5, 0.6) is 11.5 Å². The summed E-state index contributed by atoms with van der Waals surface area (Å²) in [6.45, 7) is 2.44. The molecule has 1 N–H and O–H groups in total. The zero-order chi connectivity index (χ0) is 15.2. The summed E-state index contributed by atoms with van der Waals surface area (Å²) < 4.78 is 12.5. The minimum Gasteiger partial charge on any atom is -0.490 e. The summed E-state index contributed by atoms with van der Waals surface area (Å²) in [5.74, 6) is 0.371. The average molecular weight is 355 g/mol. The number of hydrogen-bond acceptors (Lipinski definition) is 3. The molecule has 5 heteroatoms. The predicted molar refractivity (Wildman–Crippen MR) is 84.9 cm³/mol. The van der Waals surface area contributed by atoms with Crippen LogP contribution in [0.4, 0.5) is 0 Å². The summed E-state index contributed by atoms with van der Waals surface area (Å²) in [4.78, 5) is 10.6. The van der Waals surface area contributed by atoms with Crippen molar-refractivity contribution >= 4 is 28.0 Å². The zero-order valence-corrected chi connectivity index (χ0v) is 13.6. The maximum atomic E-state index is 10.6. The lowest BCUT2D eigenvalue weighted by atomic mass is 10.2. The minimum atomic E-state index is -0.977. The van der Waals surface area contributed by atoms with Crippen molar-refractivity contribution in [3.8, 4) is 11.5 Å². The zero-order valence-electron chi connectivity index (χ0n) is 12.0. The third-order valence-electron chi connectivity index (χ3n) is 3.34. The summed E-state index contributed by atoms with van der Waals surface area (Å²) in [7, 11) is 0. The summed E-state index contributed by atoms with van der Waals surface area (Å²) in [5, 5.41) is 8.71. The lowest BCUT2D eigenvalue weighted by Crippen LogP contribution is -2.12. The quantitative estimate of drug-likeness (QED) is 0.775. The van der Waals surface area contributed by atoms with Crippen LogP contribution >= 0.6 is 15.9 Å². The largest absolute Gasteiger partial charge is 0.490 e. The molecule has 0 heterocycles. The smallest absolute Gasteiger partial charge is 0.328 e. The molecule has 1 fully saturated rings. The van der Waals surface area contributed by atoms with Crippen molar-refractivity contribution in [3.63, 3.8) is 0 Å². The van der Waals surface area contributed by atoms with Crippen LogP contribution in [0.1, 0.15) is 38.2 Å². The van der Waals surface area contributed by atoms with Gasteiger partial charge in [-0.05, 0) is 72.3 Å². The predicted octanol–water partition coefficient (Wildman–Crippen LogP) is 4.27. The van der Waals surface area contributed by atoms with E-state index in [0.29, 0.717) is 18.1 Å². The molecule has 0 amide bonds. The van der Waals surface area contributed by atoms with Gasteiger partial charge < -0.3 is 14.6 Å². The molecule has 2 rings (SSSR count). The van der Waals surface area contributed by atoms with Gasteiger partial charge in [0.25, 0.3) is 0 Å². The van der Waals surface area contributed by atoms with Gasteiger partial charge in [-0.15, -0.1) is 0 Å². The summed E-state index contributed by atoms with van der Waals surface area (Å²) in [6.07, 6.45) is 7.42. The molecule has 0 atom stereocenters. The van der Waals surface area contributed by atoms with E-state index in [9.17, 15) is 4.79 Å². The number of benzene rings is 1. The van der Waals surface area contributed by atoms with Gasteiger partial charge in [-0.2, -0.15) is 0 Å².